The molecule has 0 aliphatic rings. The van der Waals surface area contributed by atoms with Crippen LogP contribution in [0.4, 0.5) is 0 Å². The van der Waals surface area contributed by atoms with Crippen LogP contribution in [0, 0.1) is 17.8 Å². The number of rotatable bonds is 6. The number of ether oxygens (including phenoxy) is 1. The molecule has 0 saturated carbocycles. The van der Waals surface area contributed by atoms with Crippen molar-refractivity contribution in [2.45, 2.75) is 40.0 Å². The van der Waals surface area contributed by atoms with E-state index in [0.717, 1.165) is 23.5 Å². The molecule has 0 bridgehead atoms. The van der Waals surface area contributed by atoms with Crippen LogP contribution in [0.5, 0.6) is 5.75 Å². The van der Waals surface area contributed by atoms with E-state index < -0.39 is 0 Å². The van der Waals surface area contributed by atoms with Crippen molar-refractivity contribution >= 4 is 5.78 Å². The van der Waals surface area contributed by atoms with Gasteiger partial charge in [-0.25, -0.2) is 0 Å². The summed E-state index contributed by atoms with van der Waals surface area (Å²) in [5.74, 6) is 8.21. The number of hydrogen-bond donors (Lipinski definition) is 0. The molecule has 1 unspecified atom stereocenters. The summed E-state index contributed by atoms with van der Waals surface area (Å²) in [7, 11) is 0. The van der Waals surface area contributed by atoms with Crippen molar-refractivity contribution in [1.82, 2.24) is 0 Å². The van der Waals surface area contributed by atoms with Gasteiger partial charge in [-0.1, -0.05) is 44.7 Å². The summed E-state index contributed by atoms with van der Waals surface area (Å²) in [6.45, 7) is 8.69. The van der Waals surface area contributed by atoms with E-state index in [1.807, 2.05) is 36.4 Å². The van der Waals surface area contributed by atoms with Crippen LogP contribution in [0.1, 0.15) is 56.7 Å². The zero-order valence-corrected chi connectivity index (χ0v) is 15.5. The first-order valence-corrected chi connectivity index (χ1v) is 8.78. The van der Waals surface area contributed by atoms with Gasteiger partial charge >= 0.3 is 0 Å². The third-order valence-electron chi connectivity index (χ3n) is 3.86. The van der Waals surface area contributed by atoms with E-state index >= 15 is 0 Å². The second-order valence-electron chi connectivity index (χ2n) is 6.91. The molecule has 0 spiro atoms. The van der Waals surface area contributed by atoms with Gasteiger partial charge in [0.05, 0.1) is 6.61 Å². The predicted molar refractivity (Wildman–Crippen MR) is 103 cm³/mol. The monoisotopic (exact) mass is 334 g/mol. The first-order valence-electron chi connectivity index (χ1n) is 8.78. The molecule has 2 nitrogen and oxygen atoms in total. The highest BCUT2D eigenvalue weighted by molar-refractivity contribution is 5.76. The van der Waals surface area contributed by atoms with Crippen molar-refractivity contribution in [1.29, 1.82) is 0 Å². The van der Waals surface area contributed by atoms with Crippen LogP contribution in [-0.2, 0) is 4.79 Å². The van der Waals surface area contributed by atoms with E-state index in [-0.39, 0.29) is 11.7 Å². The lowest BCUT2D eigenvalue weighted by Crippen LogP contribution is -2.04. The average Bonchev–Trinajstić information content (AvgIpc) is 2.59. The van der Waals surface area contributed by atoms with E-state index in [1.165, 1.54) is 5.56 Å². The first-order chi connectivity index (χ1) is 11.9. The van der Waals surface area contributed by atoms with Gasteiger partial charge in [-0.3, -0.25) is 0 Å². The summed E-state index contributed by atoms with van der Waals surface area (Å²) >= 11 is 0. The fraction of sp³-hybridized carbons (Fsp3) is 0.348. The summed E-state index contributed by atoms with van der Waals surface area (Å²) in [5.41, 5.74) is 3.11. The fourth-order valence-electron chi connectivity index (χ4n) is 2.49. The van der Waals surface area contributed by atoms with Crippen LogP contribution in [0.15, 0.2) is 48.5 Å². The minimum Gasteiger partial charge on any atom is -0.493 e. The number of Topliss-reactive ketones (excluding diaryl/α,β-unsaturated/α-hetero) is 1. The summed E-state index contributed by atoms with van der Waals surface area (Å²) in [6.07, 6.45) is 0.580. The molecule has 0 aliphatic heterocycles. The normalized spacial score (nSPS) is 11.6. The molecule has 0 heterocycles. The number of ketones is 1. The molecule has 0 amide bonds. The number of benzene rings is 2. The lowest BCUT2D eigenvalue weighted by molar-refractivity contribution is -0.117. The summed E-state index contributed by atoms with van der Waals surface area (Å²) in [6, 6.07) is 16.0. The Balaban J connectivity index is 1.99. The lowest BCUT2D eigenvalue weighted by Gasteiger charge is -2.09. The van der Waals surface area contributed by atoms with Crippen molar-refractivity contribution in [3.63, 3.8) is 0 Å². The Bertz CT molecular complexity index is 743. The molecule has 0 N–H and O–H groups in total. The Hall–Kier alpha value is -2.53. The lowest BCUT2D eigenvalue weighted by atomic mass is 9.95. The van der Waals surface area contributed by atoms with E-state index in [0.29, 0.717) is 12.3 Å². The fourth-order valence-corrected chi connectivity index (χ4v) is 2.49. The van der Waals surface area contributed by atoms with Gasteiger partial charge < -0.3 is 9.53 Å². The van der Waals surface area contributed by atoms with Crippen molar-refractivity contribution in [2.24, 2.45) is 5.92 Å². The predicted octanol–water partition coefficient (Wildman–Crippen LogP) is 5.20. The van der Waals surface area contributed by atoms with E-state index in [4.69, 9.17) is 4.74 Å². The topological polar surface area (TPSA) is 26.3 Å². The third-order valence-corrected chi connectivity index (χ3v) is 3.86. The molecule has 25 heavy (non-hydrogen) atoms. The Morgan fingerprint density at radius 2 is 1.44 bits per heavy atom. The van der Waals surface area contributed by atoms with E-state index in [1.54, 1.807) is 6.92 Å². The maximum absolute atomic E-state index is 11.2. The largest absolute Gasteiger partial charge is 0.493 e. The van der Waals surface area contributed by atoms with Gasteiger partial charge in [0.2, 0.25) is 0 Å². The molecule has 2 heteroatoms. The van der Waals surface area contributed by atoms with Gasteiger partial charge in [0.25, 0.3) is 0 Å². The molecular formula is C23H26O2. The summed E-state index contributed by atoms with van der Waals surface area (Å²) < 4.78 is 5.68. The molecule has 2 rings (SSSR count). The zero-order chi connectivity index (χ0) is 18.2. The van der Waals surface area contributed by atoms with Crippen LogP contribution in [-0.4, -0.2) is 12.4 Å². The van der Waals surface area contributed by atoms with Crippen molar-refractivity contribution in [2.75, 3.05) is 6.61 Å². The van der Waals surface area contributed by atoms with Crippen molar-refractivity contribution in [3.05, 3.63) is 65.2 Å². The summed E-state index contributed by atoms with van der Waals surface area (Å²) in [4.78, 5) is 11.2. The van der Waals surface area contributed by atoms with Gasteiger partial charge in [-0.05, 0) is 60.7 Å². The average molecular weight is 334 g/mol. The van der Waals surface area contributed by atoms with E-state index in [2.05, 4.69) is 44.7 Å². The van der Waals surface area contributed by atoms with Crippen LogP contribution in [0.2, 0.25) is 0 Å². The van der Waals surface area contributed by atoms with Crippen LogP contribution in [0.25, 0.3) is 0 Å². The molecule has 0 fully saturated rings. The Morgan fingerprint density at radius 1 is 0.920 bits per heavy atom. The Kier molecular flexibility index (Phi) is 6.83. The number of hydrogen-bond acceptors (Lipinski definition) is 2. The van der Waals surface area contributed by atoms with E-state index in [9.17, 15) is 4.79 Å². The second-order valence-corrected chi connectivity index (χ2v) is 6.91. The maximum Gasteiger partial charge on any atom is 0.130 e. The van der Waals surface area contributed by atoms with Gasteiger partial charge in [-0.15, -0.1) is 0 Å². The van der Waals surface area contributed by atoms with Crippen molar-refractivity contribution < 1.29 is 9.53 Å². The molecule has 130 valence electrons. The minimum absolute atomic E-state index is 0.220. The quantitative estimate of drug-likeness (QED) is 0.678. The van der Waals surface area contributed by atoms with Crippen LogP contribution < -0.4 is 4.74 Å². The molecule has 0 saturated heterocycles. The number of carbonyl (C=O) groups excluding carboxylic acids is 1. The first kappa shape index (κ1) is 18.8. The molecule has 0 radical (unpaired) electrons. The molecular weight excluding hydrogens is 308 g/mol. The molecule has 2 aromatic rings. The van der Waals surface area contributed by atoms with Crippen LogP contribution in [0.3, 0.4) is 0 Å². The Morgan fingerprint density at radius 3 is 1.92 bits per heavy atom. The smallest absolute Gasteiger partial charge is 0.130 e. The minimum atomic E-state index is 0.220. The van der Waals surface area contributed by atoms with Crippen LogP contribution >= 0.6 is 0 Å². The zero-order valence-electron chi connectivity index (χ0n) is 15.5. The highest BCUT2D eigenvalue weighted by Gasteiger charge is 2.07. The molecule has 2 aromatic carbocycles. The van der Waals surface area contributed by atoms with Gasteiger partial charge in [0.15, 0.2) is 0 Å². The van der Waals surface area contributed by atoms with Gasteiger partial charge in [0, 0.05) is 17.5 Å². The maximum atomic E-state index is 11.2. The Labute approximate surface area is 151 Å². The summed E-state index contributed by atoms with van der Waals surface area (Å²) in [5, 5.41) is 0. The molecule has 0 aromatic heterocycles. The second kappa shape index (κ2) is 9.08. The van der Waals surface area contributed by atoms with Gasteiger partial charge in [-0.2, -0.15) is 0 Å². The molecule has 1 atom stereocenters. The highest BCUT2D eigenvalue weighted by Crippen LogP contribution is 2.19. The van der Waals surface area contributed by atoms with Crippen molar-refractivity contribution in [3.8, 4) is 17.6 Å². The highest BCUT2D eigenvalue weighted by atomic mass is 16.5. The SMILES string of the molecule is CC(=O)CC(C)c1ccc(C#Cc2ccc(OCC(C)C)cc2)cc1. The van der Waals surface area contributed by atoms with Gasteiger partial charge in [0.1, 0.15) is 11.5 Å². The molecule has 0 aliphatic carbocycles. The standard InChI is InChI=1S/C23H26O2/c1-17(2)16-25-23-13-9-21(10-14-23)6-5-20-7-11-22(12-8-20)18(3)15-19(4)24/h7-14,17-18H,15-16H2,1-4H3. The third kappa shape index (κ3) is 6.47. The number of carbonyl (C=O) groups is 1.